The van der Waals surface area contributed by atoms with Crippen molar-refractivity contribution in [3.8, 4) is 0 Å². The van der Waals surface area contributed by atoms with Crippen LogP contribution in [0.25, 0.3) is 0 Å². The average Bonchev–Trinajstić information content (AvgIpc) is 2.93. The van der Waals surface area contributed by atoms with E-state index in [4.69, 9.17) is 4.74 Å². The molecule has 2 heteroatoms. The Bertz CT molecular complexity index is 290. The van der Waals surface area contributed by atoms with Crippen LogP contribution in [0.5, 0.6) is 0 Å². The summed E-state index contributed by atoms with van der Waals surface area (Å²) in [6, 6.07) is 0. The smallest absolute Gasteiger partial charge is 0.0576 e. The SMILES string of the molecule is CNCC1CCC(C(C)(C)C)CC1CCCC1CCCO1. The van der Waals surface area contributed by atoms with Crippen LogP contribution in [0.4, 0.5) is 0 Å². The van der Waals surface area contributed by atoms with Crippen molar-refractivity contribution < 1.29 is 4.74 Å². The first-order valence-electron chi connectivity index (χ1n) is 9.27. The van der Waals surface area contributed by atoms with Crippen LogP contribution in [-0.2, 0) is 4.74 Å². The number of hydrogen-bond acceptors (Lipinski definition) is 2. The lowest BCUT2D eigenvalue weighted by atomic mass is 9.64. The van der Waals surface area contributed by atoms with Crippen molar-refractivity contribution in [1.82, 2.24) is 5.32 Å². The monoisotopic (exact) mass is 295 g/mol. The van der Waals surface area contributed by atoms with Gasteiger partial charge >= 0.3 is 0 Å². The molecule has 124 valence electrons. The van der Waals surface area contributed by atoms with Gasteiger partial charge in [0.1, 0.15) is 0 Å². The number of hydrogen-bond donors (Lipinski definition) is 1. The van der Waals surface area contributed by atoms with E-state index in [-0.39, 0.29) is 0 Å². The van der Waals surface area contributed by atoms with Crippen LogP contribution in [0, 0.1) is 23.2 Å². The van der Waals surface area contributed by atoms with Gasteiger partial charge < -0.3 is 10.1 Å². The van der Waals surface area contributed by atoms with Crippen molar-refractivity contribution in [3.63, 3.8) is 0 Å². The second-order valence-corrected chi connectivity index (χ2v) is 8.52. The van der Waals surface area contributed by atoms with Crippen molar-refractivity contribution in [1.29, 1.82) is 0 Å². The predicted molar refractivity (Wildman–Crippen MR) is 90.5 cm³/mol. The second kappa shape index (κ2) is 7.97. The molecular formula is C19H37NO. The van der Waals surface area contributed by atoms with Gasteiger partial charge in [0, 0.05) is 6.61 Å². The highest BCUT2D eigenvalue weighted by molar-refractivity contribution is 4.86. The molecule has 0 aromatic rings. The minimum absolute atomic E-state index is 0.484. The molecule has 1 N–H and O–H groups in total. The predicted octanol–water partition coefficient (Wildman–Crippen LogP) is 4.63. The van der Waals surface area contributed by atoms with Gasteiger partial charge in [-0.1, -0.05) is 33.6 Å². The van der Waals surface area contributed by atoms with Gasteiger partial charge in [-0.25, -0.2) is 0 Å². The van der Waals surface area contributed by atoms with Crippen LogP contribution < -0.4 is 5.32 Å². The maximum atomic E-state index is 5.78. The molecule has 0 bridgehead atoms. The third-order valence-corrected chi connectivity index (χ3v) is 5.96. The van der Waals surface area contributed by atoms with E-state index in [2.05, 4.69) is 33.1 Å². The van der Waals surface area contributed by atoms with E-state index in [1.807, 2.05) is 0 Å². The lowest BCUT2D eigenvalue weighted by Crippen LogP contribution is -2.36. The second-order valence-electron chi connectivity index (χ2n) is 8.52. The zero-order valence-electron chi connectivity index (χ0n) is 14.8. The molecule has 0 amide bonds. The maximum absolute atomic E-state index is 5.78. The third kappa shape index (κ3) is 5.25. The molecule has 1 aliphatic heterocycles. The van der Waals surface area contributed by atoms with Crippen molar-refractivity contribution >= 4 is 0 Å². The van der Waals surface area contributed by atoms with Crippen LogP contribution in [-0.4, -0.2) is 26.3 Å². The Morgan fingerprint density at radius 3 is 2.48 bits per heavy atom. The van der Waals surface area contributed by atoms with Crippen molar-refractivity contribution in [2.24, 2.45) is 23.2 Å². The standard InChI is InChI=1S/C19H37NO/c1-19(2,3)17-11-10-16(14-20-4)15(13-17)7-5-8-18-9-6-12-21-18/h15-18,20H,5-14H2,1-4H3. The molecule has 2 aliphatic rings. The quantitative estimate of drug-likeness (QED) is 0.771. The van der Waals surface area contributed by atoms with E-state index >= 15 is 0 Å². The molecule has 4 atom stereocenters. The zero-order chi connectivity index (χ0) is 15.3. The van der Waals surface area contributed by atoms with Crippen molar-refractivity contribution in [2.45, 2.75) is 78.2 Å². The van der Waals surface area contributed by atoms with Gasteiger partial charge in [-0.15, -0.1) is 0 Å². The van der Waals surface area contributed by atoms with Crippen molar-refractivity contribution in [2.75, 3.05) is 20.2 Å². The molecule has 1 saturated heterocycles. The Labute approximate surface area is 132 Å². The summed E-state index contributed by atoms with van der Waals surface area (Å²) in [7, 11) is 2.11. The summed E-state index contributed by atoms with van der Waals surface area (Å²) in [6.07, 6.45) is 11.5. The van der Waals surface area contributed by atoms with Crippen molar-refractivity contribution in [3.05, 3.63) is 0 Å². The van der Waals surface area contributed by atoms with E-state index in [1.54, 1.807) is 0 Å². The fourth-order valence-electron chi connectivity index (χ4n) is 4.48. The molecule has 2 rings (SSSR count). The molecule has 4 unspecified atom stereocenters. The molecule has 0 aromatic carbocycles. The number of rotatable bonds is 6. The lowest BCUT2D eigenvalue weighted by Gasteiger charge is -2.42. The maximum Gasteiger partial charge on any atom is 0.0576 e. The lowest BCUT2D eigenvalue weighted by molar-refractivity contribution is 0.0793. The van der Waals surface area contributed by atoms with Gasteiger partial charge in [0.15, 0.2) is 0 Å². The summed E-state index contributed by atoms with van der Waals surface area (Å²) in [5, 5.41) is 3.43. The third-order valence-electron chi connectivity index (χ3n) is 5.96. The molecule has 0 spiro atoms. The molecule has 2 fully saturated rings. The van der Waals surface area contributed by atoms with Gasteiger partial charge in [-0.3, -0.25) is 0 Å². The zero-order valence-corrected chi connectivity index (χ0v) is 14.8. The van der Waals surface area contributed by atoms with Gasteiger partial charge in [0.05, 0.1) is 6.10 Å². The molecule has 0 radical (unpaired) electrons. The fourth-order valence-corrected chi connectivity index (χ4v) is 4.48. The highest BCUT2D eigenvalue weighted by Gasteiger charge is 2.35. The highest BCUT2D eigenvalue weighted by Crippen LogP contribution is 2.44. The molecule has 0 aromatic heterocycles. The topological polar surface area (TPSA) is 21.3 Å². The molecule has 1 saturated carbocycles. The van der Waals surface area contributed by atoms with Crippen LogP contribution in [0.2, 0.25) is 0 Å². The number of nitrogens with one attached hydrogen (secondary N) is 1. The average molecular weight is 296 g/mol. The summed E-state index contributed by atoms with van der Waals surface area (Å²) in [5.74, 6) is 2.74. The first-order valence-corrected chi connectivity index (χ1v) is 9.27. The van der Waals surface area contributed by atoms with E-state index < -0.39 is 0 Å². The van der Waals surface area contributed by atoms with E-state index in [1.165, 1.54) is 57.9 Å². The normalized spacial score (nSPS) is 34.3. The summed E-state index contributed by atoms with van der Waals surface area (Å²) in [4.78, 5) is 0. The molecule has 1 heterocycles. The van der Waals surface area contributed by atoms with Crippen LogP contribution >= 0.6 is 0 Å². The summed E-state index contributed by atoms with van der Waals surface area (Å²) >= 11 is 0. The Kier molecular flexibility index (Phi) is 6.55. The Morgan fingerprint density at radius 2 is 1.86 bits per heavy atom. The van der Waals surface area contributed by atoms with Gasteiger partial charge in [-0.2, -0.15) is 0 Å². The first kappa shape index (κ1) is 17.3. The van der Waals surface area contributed by atoms with Gasteiger partial charge in [-0.05, 0) is 75.3 Å². The minimum Gasteiger partial charge on any atom is -0.378 e. The molecule has 2 nitrogen and oxygen atoms in total. The summed E-state index contributed by atoms with van der Waals surface area (Å²) < 4.78 is 5.78. The Morgan fingerprint density at radius 1 is 1.05 bits per heavy atom. The van der Waals surface area contributed by atoms with E-state index in [0.29, 0.717) is 11.5 Å². The van der Waals surface area contributed by atoms with E-state index in [0.717, 1.165) is 24.4 Å². The van der Waals surface area contributed by atoms with E-state index in [9.17, 15) is 0 Å². The summed E-state index contributed by atoms with van der Waals surface area (Å²) in [6.45, 7) is 9.50. The van der Waals surface area contributed by atoms with Crippen LogP contribution in [0.1, 0.15) is 72.1 Å². The fraction of sp³-hybridized carbons (Fsp3) is 1.00. The minimum atomic E-state index is 0.484. The highest BCUT2D eigenvalue weighted by atomic mass is 16.5. The first-order chi connectivity index (χ1) is 10.0. The summed E-state index contributed by atoms with van der Waals surface area (Å²) in [5.41, 5.74) is 0.484. The van der Waals surface area contributed by atoms with Gasteiger partial charge in [0.25, 0.3) is 0 Å². The molecular weight excluding hydrogens is 258 g/mol. The van der Waals surface area contributed by atoms with Crippen LogP contribution in [0.15, 0.2) is 0 Å². The Hall–Kier alpha value is -0.0800. The molecule has 21 heavy (non-hydrogen) atoms. The Balaban J connectivity index is 1.81. The largest absolute Gasteiger partial charge is 0.378 e. The molecule has 1 aliphatic carbocycles. The van der Waals surface area contributed by atoms with Gasteiger partial charge in [0.2, 0.25) is 0 Å². The van der Waals surface area contributed by atoms with Crippen LogP contribution in [0.3, 0.4) is 0 Å². The number of ether oxygens (including phenoxy) is 1.